The predicted octanol–water partition coefficient (Wildman–Crippen LogP) is 4.69. The maximum Gasteiger partial charge on any atom is 0.306 e. The summed E-state index contributed by atoms with van der Waals surface area (Å²) in [5, 5.41) is 2.87. The molecule has 8 nitrogen and oxygen atoms in total. The quantitative estimate of drug-likeness (QED) is 0.313. The monoisotopic (exact) mass is 536 g/mol. The lowest BCUT2D eigenvalue weighted by molar-refractivity contribution is -0.155. The molecule has 1 saturated heterocycles. The zero-order valence-electron chi connectivity index (χ0n) is 23.9. The van der Waals surface area contributed by atoms with Gasteiger partial charge in [0.05, 0.1) is 5.69 Å². The molecule has 0 aliphatic carbocycles. The molecule has 0 spiro atoms. The zero-order valence-corrected chi connectivity index (χ0v) is 23.9. The molecule has 1 aromatic carbocycles. The van der Waals surface area contributed by atoms with Gasteiger partial charge in [-0.05, 0) is 52.3 Å². The van der Waals surface area contributed by atoms with E-state index < -0.39 is 23.5 Å². The van der Waals surface area contributed by atoms with Gasteiger partial charge in [-0.2, -0.15) is 0 Å². The molecule has 2 aromatic rings. The summed E-state index contributed by atoms with van der Waals surface area (Å²) in [6, 6.07) is 14.0. The van der Waals surface area contributed by atoms with E-state index in [1.807, 2.05) is 57.2 Å². The average molecular weight is 537 g/mol. The third-order valence-electron chi connectivity index (χ3n) is 6.72. The fraction of sp³-hybridized carbons (Fsp3) is 0.548. The molecule has 1 N–H and O–H groups in total. The van der Waals surface area contributed by atoms with Gasteiger partial charge >= 0.3 is 5.97 Å². The summed E-state index contributed by atoms with van der Waals surface area (Å²) in [6.07, 6.45) is 5.06. The standard InChI is InChI=1S/C31H44N4O4/c1-5-6-7-11-19-34-20-22-35(23-21-34)30(38)27(17-18-28(36)39-31(2,3)4)33-29(37)26-16-12-15-25(32-26)24-13-9-8-10-14-24/h8-10,12-16,27H,5-7,11,17-23H2,1-4H3,(H,33,37)/t27-/m0/s1. The molecule has 2 heterocycles. The molecule has 0 radical (unpaired) electrons. The van der Waals surface area contributed by atoms with Gasteiger partial charge in [0.25, 0.3) is 5.91 Å². The lowest BCUT2D eigenvalue weighted by Crippen LogP contribution is -2.55. The van der Waals surface area contributed by atoms with Crippen LogP contribution in [0.5, 0.6) is 0 Å². The normalized spacial score (nSPS) is 15.0. The van der Waals surface area contributed by atoms with Crippen molar-refractivity contribution in [3.8, 4) is 11.3 Å². The number of unbranched alkanes of at least 4 members (excludes halogenated alkanes) is 3. The van der Waals surface area contributed by atoms with Crippen molar-refractivity contribution in [1.82, 2.24) is 20.1 Å². The molecule has 39 heavy (non-hydrogen) atoms. The number of ether oxygens (including phenoxy) is 1. The summed E-state index contributed by atoms with van der Waals surface area (Å²) in [5.74, 6) is -1.00. The Bertz CT molecular complexity index is 1080. The van der Waals surface area contributed by atoms with Crippen LogP contribution >= 0.6 is 0 Å². The highest BCUT2D eigenvalue weighted by Gasteiger charge is 2.30. The van der Waals surface area contributed by atoms with Crippen LogP contribution in [-0.2, 0) is 14.3 Å². The molecule has 0 saturated carbocycles. The number of pyridine rings is 1. The van der Waals surface area contributed by atoms with Crippen LogP contribution in [0.25, 0.3) is 11.3 Å². The number of rotatable bonds is 12. The Hall–Kier alpha value is -3.26. The molecule has 2 amide bonds. The second kappa shape index (κ2) is 14.8. The molecular formula is C31H44N4O4. The Morgan fingerprint density at radius 3 is 2.33 bits per heavy atom. The summed E-state index contributed by atoms with van der Waals surface area (Å²) >= 11 is 0. The van der Waals surface area contributed by atoms with Crippen molar-refractivity contribution in [1.29, 1.82) is 0 Å². The van der Waals surface area contributed by atoms with Crippen molar-refractivity contribution in [2.45, 2.75) is 77.9 Å². The van der Waals surface area contributed by atoms with Gasteiger partial charge in [0, 0.05) is 38.2 Å². The Morgan fingerprint density at radius 2 is 1.67 bits per heavy atom. The van der Waals surface area contributed by atoms with Gasteiger partial charge in [-0.15, -0.1) is 0 Å². The summed E-state index contributed by atoms with van der Waals surface area (Å²) in [5.41, 5.74) is 1.19. The van der Waals surface area contributed by atoms with Gasteiger partial charge in [0.2, 0.25) is 5.91 Å². The largest absolute Gasteiger partial charge is 0.460 e. The molecule has 0 bridgehead atoms. The highest BCUT2D eigenvalue weighted by molar-refractivity contribution is 5.96. The van der Waals surface area contributed by atoms with Crippen molar-refractivity contribution in [2.75, 3.05) is 32.7 Å². The van der Waals surface area contributed by atoms with Crippen LogP contribution in [0.1, 0.15) is 76.7 Å². The van der Waals surface area contributed by atoms with Gasteiger partial charge in [-0.3, -0.25) is 19.3 Å². The predicted molar refractivity (Wildman–Crippen MR) is 153 cm³/mol. The minimum Gasteiger partial charge on any atom is -0.460 e. The molecule has 1 aliphatic heterocycles. The molecular weight excluding hydrogens is 492 g/mol. The number of aromatic nitrogens is 1. The third kappa shape index (κ3) is 10.1. The molecule has 1 fully saturated rings. The number of hydrogen-bond acceptors (Lipinski definition) is 6. The van der Waals surface area contributed by atoms with Crippen LogP contribution < -0.4 is 5.32 Å². The van der Waals surface area contributed by atoms with E-state index in [1.54, 1.807) is 17.0 Å². The van der Waals surface area contributed by atoms with Crippen molar-refractivity contribution >= 4 is 17.8 Å². The first-order valence-electron chi connectivity index (χ1n) is 14.2. The smallest absolute Gasteiger partial charge is 0.306 e. The maximum atomic E-state index is 13.6. The van der Waals surface area contributed by atoms with Crippen molar-refractivity contribution < 1.29 is 19.1 Å². The number of carbonyl (C=O) groups excluding carboxylic acids is 3. The highest BCUT2D eigenvalue weighted by Crippen LogP contribution is 2.17. The Labute approximate surface area is 233 Å². The summed E-state index contributed by atoms with van der Waals surface area (Å²) in [6.45, 7) is 11.5. The van der Waals surface area contributed by atoms with Gasteiger partial charge in [0.15, 0.2) is 0 Å². The molecule has 1 aliphatic rings. The SMILES string of the molecule is CCCCCCN1CCN(C(=O)[C@H](CCC(=O)OC(C)(C)C)NC(=O)c2cccc(-c3ccccc3)n2)CC1. The number of esters is 1. The Morgan fingerprint density at radius 1 is 0.949 bits per heavy atom. The van der Waals surface area contributed by atoms with E-state index in [4.69, 9.17) is 4.74 Å². The van der Waals surface area contributed by atoms with E-state index in [0.717, 1.165) is 25.2 Å². The fourth-order valence-electron chi connectivity index (χ4n) is 4.65. The number of hydrogen-bond donors (Lipinski definition) is 1. The van der Waals surface area contributed by atoms with E-state index in [1.165, 1.54) is 25.7 Å². The summed E-state index contributed by atoms with van der Waals surface area (Å²) in [7, 11) is 0. The molecule has 1 aromatic heterocycles. The molecule has 3 rings (SSSR count). The van der Waals surface area contributed by atoms with Crippen LogP contribution in [-0.4, -0.2) is 76.9 Å². The van der Waals surface area contributed by atoms with Gasteiger partial charge in [-0.1, -0.05) is 62.6 Å². The topological polar surface area (TPSA) is 91.8 Å². The van der Waals surface area contributed by atoms with Crippen molar-refractivity contribution in [2.24, 2.45) is 0 Å². The summed E-state index contributed by atoms with van der Waals surface area (Å²) in [4.78, 5) is 48.0. The average Bonchev–Trinajstić information content (AvgIpc) is 2.93. The van der Waals surface area contributed by atoms with Gasteiger partial charge in [0.1, 0.15) is 17.3 Å². The van der Waals surface area contributed by atoms with E-state index in [2.05, 4.69) is 22.1 Å². The maximum absolute atomic E-state index is 13.6. The van der Waals surface area contributed by atoms with Crippen LogP contribution in [0.4, 0.5) is 0 Å². The van der Waals surface area contributed by atoms with E-state index >= 15 is 0 Å². The molecule has 1 atom stereocenters. The molecule has 212 valence electrons. The van der Waals surface area contributed by atoms with Gasteiger partial charge in [-0.25, -0.2) is 4.98 Å². The minimum absolute atomic E-state index is 0.0306. The summed E-state index contributed by atoms with van der Waals surface area (Å²) < 4.78 is 5.44. The van der Waals surface area contributed by atoms with Crippen molar-refractivity contribution in [3.05, 3.63) is 54.2 Å². The first kappa shape index (κ1) is 30.3. The molecule has 0 unspecified atom stereocenters. The fourth-order valence-corrected chi connectivity index (χ4v) is 4.65. The van der Waals surface area contributed by atoms with Crippen LogP contribution in [0, 0.1) is 0 Å². The first-order valence-corrected chi connectivity index (χ1v) is 14.2. The Balaban J connectivity index is 1.67. The van der Waals surface area contributed by atoms with Gasteiger partial charge < -0.3 is 15.0 Å². The van der Waals surface area contributed by atoms with Crippen LogP contribution in [0.3, 0.4) is 0 Å². The number of benzene rings is 1. The number of piperazine rings is 1. The lowest BCUT2D eigenvalue weighted by atomic mass is 10.1. The third-order valence-corrected chi connectivity index (χ3v) is 6.72. The highest BCUT2D eigenvalue weighted by atomic mass is 16.6. The number of nitrogens with one attached hydrogen (secondary N) is 1. The second-order valence-electron chi connectivity index (χ2n) is 11.2. The minimum atomic E-state index is -0.844. The zero-order chi connectivity index (χ0) is 28.3. The number of amides is 2. The number of carbonyl (C=O) groups is 3. The lowest BCUT2D eigenvalue weighted by Gasteiger charge is -2.36. The van der Waals surface area contributed by atoms with Crippen LogP contribution in [0.15, 0.2) is 48.5 Å². The Kier molecular flexibility index (Phi) is 11.5. The van der Waals surface area contributed by atoms with E-state index in [9.17, 15) is 14.4 Å². The first-order chi connectivity index (χ1) is 18.7. The van der Waals surface area contributed by atoms with E-state index in [0.29, 0.717) is 18.8 Å². The second-order valence-corrected chi connectivity index (χ2v) is 11.2. The number of nitrogens with zero attached hydrogens (tertiary/aromatic N) is 3. The van der Waals surface area contributed by atoms with Crippen molar-refractivity contribution in [3.63, 3.8) is 0 Å². The molecule has 8 heteroatoms. The van der Waals surface area contributed by atoms with Crippen LogP contribution in [0.2, 0.25) is 0 Å². The van der Waals surface area contributed by atoms with E-state index in [-0.39, 0.29) is 24.4 Å².